The van der Waals surface area contributed by atoms with Crippen molar-refractivity contribution in [3.05, 3.63) is 52.9 Å². The number of rotatable bonds is 7. The van der Waals surface area contributed by atoms with E-state index in [2.05, 4.69) is 10.3 Å². The molecule has 0 unspecified atom stereocenters. The van der Waals surface area contributed by atoms with Crippen molar-refractivity contribution in [2.24, 2.45) is 0 Å². The second-order valence-corrected chi connectivity index (χ2v) is 6.91. The van der Waals surface area contributed by atoms with E-state index in [1.165, 1.54) is 6.39 Å². The fraction of sp³-hybridized carbons (Fsp3) is 0.263. The molecule has 7 heteroatoms. The summed E-state index contributed by atoms with van der Waals surface area (Å²) in [6.45, 7) is 2.46. The number of nitrogens with zero attached hydrogens (tertiary/aromatic N) is 1. The minimum Gasteiger partial charge on any atom is -0.497 e. The Morgan fingerprint density at radius 3 is 2.77 bits per heavy atom. The standard InChI is InChI=1S/C19H20N2O4S/c1-12-4-7-16(26-12)18-17(21-11-25-18)19(22)20-9-8-13-5-6-14(23-2)10-15(13)24-3/h4-7,10-11H,8-9H2,1-3H3,(H,20,22). The van der Waals surface area contributed by atoms with E-state index in [0.29, 0.717) is 24.4 Å². The smallest absolute Gasteiger partial charge is 0.273 e. The molecule has 0 saturated heterocycles. The summed E-state index contributed by atoms with van der Waals surface area (Å²) in [7, 11) is 3.22. The highest BCUT2D eigenvalue weighted by atomic mass is 32.1. The summed E-state index contributed by atoms with van der Waals surface area (Å²) in [5.74, 6) is 1.71. The van der Waals surface area contributed by atoms with E-state index in [1.807, 2.05) is 37.3 Å². The second kappa shape index (κ2) is 8.05. The third-order valence-electron chi connectivity index (χ3n) is 3.92. The summed E-state index contributed by atoms with van der Waals surface area (Å²) >= 11 is 1.56. The highest BCUT2D eigenvalue weighted by Crippen LogP contribution is 2.30. The number of hydrogen-bond acceptors (Lipinski definition) is 6. The highest BCUT2D eigenvalue weighted by molar-refractivity contribution is 7.15. The van der Waals surface area contributed by atoms with Crippen LogP contribution in [-0.4, -0.2) is 31.7 Å². The molecule has 3 aromatic rings. The van der Waals surface area contributed by atoms with Gasteiger partial charge in [-0.15, -0.1) is 11.3 Å². The van der Waals surface area contributed by atoms with Crippen LogP contribution in [0, 0.1) is 6.92 Å². The molecule has 1 N–H and O–H groups in total. The van der Waals surface area contributed by atoms with Gasteiger partial charge in [0.1, 0.15) is 11.5 Å². The van der Waals surface area contributed by atoms with Crippen molar-refractivity contribution in [1.29, 1.82) is 0 Å². The van der Waals surface area contributed by atoms with Crippen LogP contribution in [0.5, 0.6) is 11.5 Å². The maximum absolute atomic E-state index is 12.5. The minimum atomic E-state index is -0.257. The van der Waals surface area contributed by atoms with Gasteiger partial charge in [0.05, 0.1) is 19.1 Å². The molecule has 2 heterocycles. The molecule has 0 fully saturated rings. The number of carbonyl (C=O) groups is 1. The van der Waals surface area contributed by atoms with Crippen molar-refractivity contribution in [3.8, 4) is 22.1 Å². The molecule has 1 aromatic carbocycles. The first-order valence-corrected chi connectivity index (χ1v) is 8.93. The summed E-state index contributed by atoms with van der Waals surface area (Å²) in [5, 5.41) is 2.89. The number of amides is 1. The Labute approximate surface area is 155 Å². The van der Waals surface area contributed by atoms with Gasteiger partial charge in [-0.2, -0.15) is 0 Å². The van der Waals surface area contributed by atoms with Gasteiger partial charge in [-0.05, 0) is 37.1 Å². The lowest BCUT2D eigenvalue weighted by molar-refractivity contribution is 0.0950. The minimum absolute atomic E-state index is 0.257. The molecule has 0 atom stereocenters. The SMILES string of the molecule is COc1ccc(CCNC(=O)c2ncoc2-c2ccc(C)s2)c(OC)c1. The number of ether oxygens (including phenoxy) is 2. The van der Waals surface area contributed by atoms with E-state index >= 15 is 0 Å². The topological polar surface area (TPSA) is 73.6 Å². The van der Waals surface area contributed by atoms with E-state index in [0.717, 1.165) is 26.8 Å². The maximum atomic E-state index is 12.5. The number of carbonyl (C=O) groups excluding carboxylic acids is 1. The van der Waals surface area contributed by atoms with Crippen molar-refractivity contribution in [3.63, 3.8) is 0 Å². The Hall–Kier alpha value is -2.80. The highest BCUT2D eigenvalue weighted by Gasteiger charge is 2.19. The van der Waals surface area contributed by atoms with Gasteiger partial charge in [0, 0.05) is 17.5 Å². The van der Waals surface area contributed by atoms with Crippen LogP contribution in [0.25, 0.3) is 10.6 Å². The van der Waals surface area contributed by atoms with Crippen LogP contribution in [0.15, 0.2) is 41.1 Å². The Kier molecular flexibility index (Phi) is 5.58. The lowest BCUT2D eigenvalue weighted by Gasteiger charge is -2.10. The number of thiophene rings is 1. The van der Waals surface area contributed by atoms with E-state index in [9.17, 15) is 4.79 Å². The largest absolute Gasteiger partial charge is 0.497 e. The predicted molar refractivity (Wildman–Crippen MR) is 100 cm³/mol. The van der Waals surface area contributed by atoms with Crippen molar-refractivity contribution in [2.45, 2.75) is 13.3 Å². The Balaban J connectivity index is 1.65. The predicted octanol–water partition coefficient (Wildman–Crippen LogP) is 3.70. The molecule has 0 bridgehead atoms. The molecule has 0 spiro atoms. The van der Waals surface area contributed by atoms with Gasteiger partial charge in [-0.3, -0.25) is 4.79 Å². The molecule has 0 aliphatic rings. The zero-order valence-corrected chi connectivity index (χ0v) is 15.7. The maximum Gasteiger partial charge on any atom is 0.273 e. The first-order chi connectivity index (χ1) is 12.6. The molecule has 0 radical (unpaired) electrons. The molecule has 136 valence electrons. The summed E-state index contributed by atoms with van der Waals surface area (Å²) < 4.78 is 16.0. The zero-order chi connectivity index (χ0) is 18.5. The van der Waals surface area contributed by atoms with E-state index in [1.54, 1.807) is 25.6 Å². The van der Waals surface area contributed by atoms with Gasteiger partial charge >= 0.3 is 0 Å². The molecule has 6 nitrogen and oxygen atoms in total. The average Bonchev–Trinajstić information content (AvgIpc) is 3.30. The van der Waals surface area contributed by atoms with Gasteiger partial charge in [-0.1, -0.05) is 6.07 Å². The van der Waals surface area contributed by atoms with Crippen LogP contribution in [0.3, 0.4) is 0 Å². The summed E-state index contributed by atoms with van der Waals surface area (Å²) in [5.41, 5.74) is 1.29. The third kappa shape index (κ3) is 3.88. The normalized spacial score (nSPS) is 10.6. The van der Waals surface area contributed by atoms with Crippen molar-refractivity contribution >= 4 is 17.2 Å². The van der Waals surface area contributed by atoms with Crippen LogP contribution in [0.4, 0.5) is 0 Å². The van der Waals surface area contributed by atoms with Gasteiger partial charge < -0.3 is 19.2 Å². The number of aromatic nitrogens is 1. The van der Waals surface area contributed by atoms with Gasteiger partial charge in [0.25, 0.3) is 5.91 Å². The summed E-state index contributed by atoms with van der Waals surface area (Å²) in [6.07, 6.45) is 1.93. The Morgan fingerprint density at radius 1 is 1.23 bits per heavy atom. The molecular weight excluding hydrogens is 352 g/mol. The average molecular weight is 372 g/mol. The van der Waals surface area contributed by atoms with Crippen molar-refractivity contribution in [2.75, 3.05) is 20.8 Å². The van der Waals surface area contributed by atoms with Crippen LogP contribution < -0.4 is 14.8 Å². The number of methoxy groups -OCH3 is 2. The molecule has 0 aliphatic carbocycles. The number of nitrogens with one attached hydrogen (secondary N) is 1. The van der Waals surface area contributed by atoms with Crippen LogP contribution >= 0.6 is 11.3 Å². The molecule has 0 saturated carbocycles. The fourth-order valence-corrected chi connectivity index (χ4v) is 3.45. The van der Waals surface area contributed by atoms with E-state index in [4.69, 9.17) is 13.9 Å². The Bertz CT molecular complexity index is 901. The van der Waals surface area contributed by atoms with Gasteiger partial charge in [0.15, 0.2) is 17.8 Å². The zero-order valence-electron chi connectivity index (χ0n) is 14.9. The monoisotopic (exact) mass is 372 g/mol. The molecule has 26 heavy (non-hydrogen) atoms. The second-order valence-electron chi connectivity index (χ2n) is 5.62. The summed E-state index contributed by atoms with van der Waals surface area (Å²) in [4.78, 5) is 18.6. The quantitative estimate of drug-likeness (QED) is 0.684. The number of benzene rings is 1. The molecule has 2 aromatic heterocycles. The number of aryl methyl sites for hydroxylation is 1. The molecule has 3 rings (SSSR count). The first kappa shape index (κ1) is 18.0. The lowest BCUT2D eigenvalue weighted by Crippen LogP contribution is -2.26. The van der Waals surface area contributed by atoms with E-state index < -0.39 is 0 Å². The van der Waals surface area contributed by atoms with Crippen LogP contribution in [0.2, 0.25) is 0 Å². The first-order valence-electron chi connectivity index (χ1n) is 8.11. The van der Waals surface area contributed by atoms with Crippen molar-refractivity contribution in [1.82, 2.24) is 10.3 Å². The molecule has 1 amide bonds. The van der Waals surface area contributed by atoms with E-state index in [-0.39, 0.29) is 5.91 Å². The fourth-order valence-electron chi connectivity index (χ4n) is 2.59. The summed E-state index contributed by atoms with van der Waals surface area (Å²) in [6, 6.07) is 9.54. The molecular formula is C19H20N2O4S. The van der Waals surface area contributed by atoms with Crippen molar-refractivity contribution < 1.29 is 18.7 Å². The van der Waals surface area contributed by atoms with Crippen LogP contribution in [0.1, 0.15) is 20.9 Å². The van der Waals surface area contributed by atoms with Gasteiger partial charge in [0.2, 0.25) is 0 Å². The lowest BCUT2D eigenvalue weighted by atomic mass is 10.1. The third-order valence-corrected chi connectivity index (χ3v) is 4.92. The number of hydrogen-bond donors (Lipinski definition) is 1. The van der Waals surface area contributed by atoms with Crippen LogP contribution in [-0.2, 0) is 6.42 Å². The number of oxazole rings is 1. The Morgan fingerprint density at radius 2 is 2.08 bits per heavy atom. The molecule has 0 aliphatic heterocycles. The van der Waals surface area contributed by atoms with Gasteiger partial charge in [-0.25, -0.2) is 4.98 Å².